The van der Waals surface area contributed by atoms with Gasteiger partial charge in [-0.2, -0.15) is 23.1 Å². The number of alkyl halides is 3. The molecule has 0 radical (unpaired) electrons. The molecule has 0 aliphatic carbocycles. The molecule has 0 saturated heterocycles. The van der Waals surface area contributed by atoms with Gasteiger partial charge in [-0.25, -0.2) is 9.97 Å². The van der Waals surface area contributed by atoms with Crippen molar-refractivity contribution >= 4 is 39.5 Å². The number of nitrogens with one attached hydrogen (secondary N) is 2. The van der Waals surface area contributed by atoms with Gasteiger partial charge in [-0.05, 0) is 40.8 Å². The first kappa shape index (κ1) is 24.3. The van der Waals surface area contributed by atoms with E-state index < -0.39 is 11.7 Å². The molecule has 194 valence electrons. The SMILES string of the molecule is FC(F)(F)c1ccc(Cn2cnc3c(NCc4cccnc4)nc(Nc4nccc5ccccc45)nc32)cc1. The Morgan fingerprint density at radius 2 is 1.64 bits per heavy atom. The van der Waals surface area contributed by atoms with Crippen LogP contribution >= 0.6 is 0 Å². The van der Waals surface area contributed by atoms with Gasteiger partial charge in [-0.15, -0.1) is 0 Å². The average molecular weight is 527 g/mol. The van der Waals surface area contributed by atoms with Gasteiger partial charge in [-0.3, -0.25) is 4.98 Å². The molecule has 0 unspecified atom stereocenters. The highest BCUT2D eigenvalue weighted by atomic mass is 19.4. The fourth-order valence-corrected chi connectivity index (χ4v) is 4.25. The summed E-state index contributed by atoms with van der Waals surface area (Å²) in [5.41, 5.74) is 1.98. The molecule has 4 aromatic heterocycles. The van der Waals surface area contributed by atoms with Crippen molar-refractivity contribution in [2.24, 2.45) is 0 Å². The quantitative estimate of drug-likeness (QED) is 0.256. The van der Waals surface area contributed by atoms with Crippen LogP contribution in [0.1, 0.15) is 16.7 Å². The third kappa shape index (κ3) is 5.19. The third-order valence-electron chi connectivity index (χ3n) is 6.18. The van der Waals surface area contributed by atoms with Crippen LogP contribution in [0.5, 0.6) is 0 Å². The maximum Gasteiger partial charge on any atom is 0.416 e. The minimum absolute atomic E-state index is 0.277. The molecule has 11 heteroatoms. The molecule has 4 heterocycles. The summed E-state index contributed by atoms with van der Waals surface area (Å²) >= 11 is 0. The summed E-state index contributed by atoms with van der Waals surface area (Å²) in [5, 5.41) is 8.47. The zero-order chi connectivity index (χ0) is 26.8. The van der Waals surface area contributed by atoms with Gasteiger partial charge < -0.3 is 15.2 Å². The van der Waals surface area contributed by atoms with Crippen molar-refractivity contribution in [1.82, 2.24) is 29.5 Å². The van der Waals surface area contributed by atoms with Gasteiger partial charge in [0.15, 0.2) is 17.0 Å². The summed E-state index contributed by atoms with van der Waals surface area (Å²) in [5.74, 6) is 1.39. The van der Waals surface area contributed by atoms with E-state index in [0.717, 1.165) is 28.5 Å². The fourth-order valence-electron chi connectivity index (χ4n) is 4.25. The van der Waals surface area contributed by atoms with Crippen LogP contribution in [-0.2, 0) is 19.3 Å². The number of rotatable bonds is 7. The van der Waals surface area contributed by atoms with Gasteiger partial charge in [0.1, 0.15) is 5.82 Å². The molecule has 39 heavy (non-hydrogen) atoms. The van der Waals surface area contributed by atoms with Gasteiger partial charge >= 0.3 is 6.18 Å². The average Bonchev–Trinajstić information content (AvgIpc) is 3.35. The number of hydrogen-bond acceptors (Lipinski definition) is 7. The monoisotopic (exact) mass is 526 g/mol. The largest absolute Gasteiger partial charge is 0.416 e. The van der Waals surface area contributed by atoms with Crippen molar-refractivity contribution in [1.29, 1.82) is 0 Å². The Hall–Kier alpha value is -5.06. The van der Waals surface area contributed by atoms with E-state index in [9.17, 15) is 13.2 Å². The molecule has 2 aromatic carbocycles. The molecule has 0 aliphatic heterocycles. The molecule has 0 fully saturated rings. The van der Waals surface area contributed by atoms with Gasteiger partial charge in [-0.1, -0.05) is 42.5 Å². The summed E-state index contributed by atoms with van der Waals surface area (Å²) in [6.07, 6.45) is 2.38. The van der Waals surface area contributed by atoms with Crippen LogP contribution in [0.25, 0.3) is 21.9 Å². The highest BCUT2D eigenvalue weighted by Crippen LogP contribution is 2.30. The Morgan fingerprint density at radius 1 is 0.795 bits per heavy atom. The molecule has 0 aliphatic rings. The molecule has 0 spiro atoms. The van der Waals surface area contributed by atoms with Crippen LogP contribution in [0.2, 0.25) is 0 Å². The van der Waals surface area contributed by atoms with Crippen molar-refractivity contribution in [2.45, 2.75) is 19.3 Å². The highest BCUT2D eigenvalue weighted by Gasteiger charge is 2.30. The molecule has 0 bridgehead atoms. The summed E-state index contributed by atoms with van der Waals surface area (Å²) in [6.45, 7) is 0.733. The second-order valence-electron chi connectivity index (χ2n) is 8.86. The van der Waals surface area contributed by atoms with E-state index in [4.69, 9.17) is 4.98 Å². The van der Waals surface area contributed by atoms with Crippen molar-refractivity contribution in [3.8, 4) is 0 Å². The lowest BCUT2D eigenvalue weighted by atomic mass is 10.1. The highest BCUT2D eigenvalue weighted by molar-refractivity contribution is 5.93. The minimum Gasteiger partial charge on any atom is -0.364 e. The predicted octanol–water partition coefficient (Wildman–Crippen LogP) is 6.19. The lowest BCUT2D eigenvalue weighted by molar-refractivity contribution is -0.137. The minimum atomic E-state index is -4.39. The molecule has 0 amide bonds. The lowest BCUT2D eigenvalue weighted by Gasteiger charge is -2.12. The number of aromatic nitrogens is 6. The zero-order valence-corrected chi connectivity index (χ0v) is 20.4. The number of halogens is 3. The van der Waals surface area contributed by atoms with Gasteiger partial charge in [0, 0.05) is 30.5 Å². The van der Waals surface area contributed by atoms with E-state index in [1.165, 1.54) is 12.1 Å². The van der Waals surface area contributed by atoms with E-state index in [-0.39, 0.29) is 6.54 Å². The summed E-state index contributed by atoms with van der Waals surface area (Å²) < 4.78 is 40.8. The Labute approximate surface area is 220 Å². The number of imidazole rings is 1. The molecule has 0 atom stereocenters. The number of pyridine rings is 2. The topological polar surface area (TPSA) is 93.4 Å². The van der Waals surface area contributed by atoms with E-state index >= 15 is 0 Å². The number of anilines is 3. The number of nitrogens with zero attached hydrogens (tertiary/aromatic N) is 6. The fraction of sp³-hybridized carbons (Fsp3) is 0.107. The maximum absolute atomic E-state index is 13.0. The van der Waals surface area contributed by atoms with Crippen molar-refractivity contribution in [3.63, 3.8) is 0 Å². The maximum atomic E-state index is 13.0. The second kappa shape index (κ2) is 10.0. The Kier molecular flexibility index (Phi) is 6.23. The first-order valence-corrected chi connectivity index (χ1v) is 12.1. The molecular weight excluding hydrogens is 505 g/mol. The van der Waals surface area contributed by atoms with Crippen LogP contribution in [0.4, 0.5) is 30.8 Å². The van der Waals surface area contributed by atoms with Crippen LogP contribution in [0.3, 0.4) is 0 Å². The van der Waals surface area contributed by atoms with Crippen molar-refractivity contribution < 1.29 is 13.2 Å². The normalized spacial score (nSPS) is 11.7. The summed E-state index contributed by atoms with van der Waals surface area (Å²) in [6, 6.07) is 18.6. The standard InChI is InChI=1S/C28H21F3N8/c29-28(30,31)21-9-7-18(8-10-21)16-39-17-35-23-25(34-15-19-4-3-12-32-14-19)37-27(38-26(23)39)36-24-22-6-2-1-5-20(22)11-13-33-24/h1-14,17H,15-16H2,(H2,33,34,36,37,38). The third-order valence-corrected chi connectivity index (χ3v) is 6.18. The van der Waals surface area contributed by atoms with Crippen molar-refractivity contribution in [2.75, 3.05) is 10.6 Å². The van der Waals surface area contributed by atoms with Gasteiger partial charge in [0.2, 0.25) is 5.95 Å². The van der Waals surface area contributed by atoms with E-state index in [0.29, 0.717) is 40.9 Å². The van der Waals surface area contributed by atoms with Crippen LogP contribution in [-0.4, -0.2) is 29.5 Å². The molecule has 6 rings (SSSR count). The van der Waals surface area contributed by atoms with Gasteiger partial charge in [0.25, 0.3) is 0 Å². The molecule has 6 aromatic rings. The van der Waals surface area contributed by atoms with E-state index in [2.05, 4.69) is 30.6 Å². The second-order valence-corrected chi connectivity index (χ2v) is 8.86. The first-order chi connectivity index (χ1) is 18.9. The molecular formula is C28H21F3N8. The Morgan fingerprint density at radius 3 is 2.44 bits per heavy atom. The van der Waals surface area contributed by atoms with Gasteiger partial charge in [0.05, 0.1) is 18.4 Å². The van der Waals surface area contributed by atoms with E-state index in [1.807, 2.05) is 42.5 Å². The Bertz CT molecular complexity index is 1740. The van der Waals surface area contributed by atoms with Crippen LogP contribution in [0, 0.1) is 0 Å². The zero-order valence-electron chi connectivity index (χ0n) is 20.4. The van der Waals surface area contributed by atoms with Crippen LogP contribution < -0.4 is 10.6 Å². The predicted molar refractivity (Wildman–Crippen MR) is 142 cm³/mol. The smallest absolute Gasteiger partial charge is 0.364 e. The van der Waals surface area contributed by atoms with Crippen LogP contribution in [0.15, 0.2) is 91.6 Å². The molecule has 8 nitrogen and oxygen atoms in total. The first-order valence-electron chi connectivity index (χ1n) is 12.1. The lowest BCUT2D eigenvalue weighted by Crippen LogP contribution is -2.08. The number of benzene rings is 2. The number of hydrogen-bond donors (Lipinski definition) is 2. The van der Waals surface area contributed by atoms with Crippen molar-refractivity contribution in [3.05, 3.63) is 108 Å². The Balaban J connectivity index is 1.38. The number of fused-ring (bicyclic) bond motifs is 2. The molecule has 0 saturated carbocycles. The van der Waals surface area contributed by atoms with E-state index in [1.54, 1.807) is 29.5 Å². The summed E-state index contributed by atoms with van der Waals surface area (Å²) in [4.78, 5) is 22.5. The molecule has 2 N–H and O–H groups in total. The summed E-state index contributed by atoms with van der Waals surface area (Å²) in [7, 11) is 0.